The van der Waals surface area contributed by atoms with Gasteiger partial charge in [0.1, 0.15) is 0 Å². The second kappa shape index (κ2) is 5.00. The number of nitrogens with zero attached hydrogens (tertiary/aromatic N) is 1. The van der Waals surface area contributed by atoms with Gasteiger partial charge in [0.2, 0.25) is 0 Å². The van der Waals surface area contributed by atoms with Crippen LogP contribution in [-0.4, -0.2) is 22.0 Å². The lowest BCUT2D eigenvalue weighted by atomic mass is 9.88. The standard InChI is InChI=1S/C16H13F6NO2/c1-7-3-12(24)23-8(2)4-9-5-10(6-11(7)13(9)23)14(25,15(17,18)19)16(20,21)22/h3,5-6,8,25H,4H2,1-2H3. The van der Waals surface area contributed by atoms with E-state index in [1.165, 1.54) is 11.5 Å². The van der Waals surface area contributed by atoms with Crippen molar-refractivity contribution in [2.45, 2.75) is 44.3 Å². The highest BCUT2D eigenvalue weighted by atomic mass is 19.4. The molecule has 2 aromatic rings. The highest BCUT2D eigenvalue weighted by molar-refractivity contribution is 5.87. The fourth-order valence-electron chi connectivity index (χ4n) is 3.42. The van der Waals surface area contributed by atoms with Gasteiger partial charge in [0.05, 0.1) is 5.52 Å². The zero-order valence-corrected chi connectivity index (χ0v) is 13.1. The van der Waals surface area contributed by atoms with Crippen molar-refractivity contribution in [2.75, 3.05) is 0 Å². The summed E-state index contributed by atoms with van der Waals surface area (Å²) in [6.07, 6.45) is -11.8. The van der Waals surface area contributed by atoms with E-state index in [4.69, 9.17) is 0 Å². The normalized spacial score (nSPS) is 18.2. The maximum atomic E-state index is 13.2. The number of rotatable bonds is 1. The lowest BCUT2D eigenvalue weighted by Crippen LogP contribution is -2.54. The molecule has 1 atom stereocenters. The maximum Gasteiger partial charge on any atom is 0.430 e. The predicted molar refractivity (Wildman–Crippen MR) is 77.4 cm³/mol. The minimum atomic E-state index is -5.95. The van der Waals surface area contributed by atoms with Crippen LogP contribution < -0.4 is 5.56 Å². The molecule has 1 aromatic heterocycles. The van der Waals surface area contributed by atoms with Gasteiger partial charge in [-0.15, -0.1) is 0 Å². The number of pyridine rings is 1. The topological polar surface area (TPSA) is 42.2 Å². The van der Waals surface area contributed by atoms with Crippen LogP contribution in [0, 0.1) is 6.92 Å². The Hall–Kier alpha value is -2.03. The molecular formula is C16H13F6NO2. The van der Waals surface area contributed by atoms with E-state index < -0.39 is 29.6 Å². The van der Waals surface area contributed by atoms with Crippen LogP contribution in [0.3, 0.4) is 0 Å². The minimum absolute atomic E-state index is 0.0865. The van der Waals surface area contributed by atoms with Crippen molar-refractivity contribution in [1.82, 2.24) is 4.57 Å². The Bertz CT molecular complexity index is 911. The SMILES string of the molecule is Cc1cc(=O)n2c3c(cc(C(O)(C(F)(F)F)C(F)(F)F)cc13)CC2C. The van der Waals surface area contributed by atoms with E-state index in [1.54, 1.807) is 6.92 Å². The Balaban J connectivity index is 2.41. The first kappa shape index (κ1) is 17.8. The van der Waals surface area contributed by atoms with Crippen molar-refractivity contribution in [2.24, 2.45) is 0 Å². The third-order valence-electron chi connectivity index (χ3n) is 4.63. The van der Waals surface area contributed by atoms with E-state index in [1.807, 2.05) is 0 Å². The predicted octanol–water partition coefficient (Wildman–Crippen LogP) is 3.74. The molecule has 1 N–H and O–H groups in total. The van der Waals surface area contributed by atoms with Crippen LogP contribution in [0.1, 0.15) is 29.7 Å². The van der Waals surface area contributed by atoms with Crippen LogP contribution in [-0.2, 0) is 12.0 Å². The van der Waals surface area contributed by atoms with Crippen LogP contribution >= 0.6 is 0 Å². The molecule has 0 saturated carbocycles. The number of hydrogen-bond acceptors (Lipinski definition) is 2. The number of alkyl halides is 6. The van der Waals surface area contributed by atoms with Crippen LogP contribution in [0.5, 0.6) is 0 Å². The molecule has 0 spiro atoms. The molecule has 1 aliphatic heterocycles. The van der Waals surface area contributed by atoms with Crippen LogP contribution in [0.25, 0.3) is 10.9 Å². The van der Waals surface area contributed by atoms with Crippen molar-refractivity contribution < 1.29 is 31.4 Å². The quantitative estimate of drug-likeness (QED) is 0.783. The summed E-state index contributed by atoms with van der Waals surface area (Å²) < 4.78 is 80.3. The molecule has 0 saturated heterocycles. The summed E-state index contributed by atoms with van der Waals surface area (Å²) in [6, 6.07) is 2.13. The van der Waals surface area contributed by atoms with E-state index >= 15 is 0 Å². The van der Waals surface area contributed by atoms with Gasteiger partial charge in [-0.2, -0.15) is 26.3 Å². The summed E-state index contributed by atoms with van der Waals surface area (Å²) >= 11 is 0. The van der Waals surface area contributed by atoms with Crippen LogP contribution in [0.2, 0.25) is 0 Å². The molecule has 0 aliphatic carbocycles. The van der Waals surface area contributed by atoms with E-state index in [0.717, 1.165) is 6.07 Å². The minimum Gasteiger partial charge on any atom is -0.369 e. The van der Waals surface area contributed by atoms with Gasteiger partial charge in [0.25, 0.3) is 11.2 Å². The zero-order chi connectivity index (χ0) is 18.9. The fourth-order valence-corrected chi connectivity index (χ4v) is 3.42. The number of aromatic nitrogens is 1. The molecule has 3 nitrogen and oxygen atoms in total. The smallest absolute Gasteiger partial charge is 0.369 e. The lowest BCUT2D eigenvalue weighted by Gasteiger charge is -2.33. The van der Waals surface area contributed by atoms with E-state index in [0.29, 0.717) is 17.6 Å². The van der Waals surface area contributed by atoms with Gasteiger partial charge in [-0.25, -0.2) is 0 Å². The average molecular weight is 365 g/mol. The first-order chi connectivity index (χ1) is 11.3. The number of aliphatic hydroxyl groups is 1. The van der Waals surface area contributed by atoms with Gasteiger partial charge < -0.3 is 9.67 Å². The second-order valence-corrected chi connectivity index (χ2v) is 6.33. The molecular weight excluding hydrogens is 352 g/mol. The molecule has 1 aliphatic rings. The van der Waals surface area contributed by atoms with Gasteiger partial charge in [0.15, 0.2) is 0 Å². The number of benzene rings is 1. The monoisotopic (exact) mass is 365 g/mol. The van der Waals surface area contributed by atoms with Gasteiger partial charge >= 0.3 is 12.4 Å². The van der Waals surface area contributed by atoms with Gasteiger partial charge in [0, 0.05) is 23.1 Å². The van der Waals surface area contributed by atoms with Crippen molar-refractivity contribution in [3.05, 3.63) is 45.2 Å². The highest BCUT2D eigenvalue weighted by Gasteiger charge is 2.71. The molecule has 1 unspecified atom stereocenters. The maximum absolute atomic E-state index is 13.2. The Morgan fingerprint density at radius 1 is 1.08 bits per heavy atom. The number of halogens is 6. The van der Waals surface area contributed by atoms with E-state index in [9.17, 15) is 36.2 Å². The van der Waals surface area contributed by atoms with Crippen molar-refractivity contribution in [3.63, 3.8) is 0 Å². The first-order valence-corrected chi connectivity index (χ1v) is 7.34. The molecule has 2 heterocycles. The van der Waals surface area contributed by atoms with Crippen molar-refractivity contribution >= 4 is 10.9 Å². The van der Waals surface area contributed by atoms with Crippen LogP contribution in [0.4, 0.5) is 26.3 Å². The summed E-state index contributed by atoms with van der Waals surface area (Å²) in [5.41, 5.74) is -5.91. The number of hydrogen-bond donors (Lipinski definition) is 1. The van der Waals surface area contributed by atoms with Crippen LogP contribution in [0.15, 0.2) is 23.0 Å². The van der Waals surface area contributed by atoms with Crippen molar-refractivity contribution in [3.8, 4) is 0 Å². The van der Waals surface area contributed by atoms with E-state index in [2.05, 4.69) is 0 Å². The molecule has 3 rings (SSSR count). The lowest BCUT2D eigenvalue weighted by molar-refractivity contribution is -0.376. The van der Waals surface area contributed by atoms with Crippen molar-refractivity contribution in [1.29, 1.82) is 0 Å². The zero-order valence-electron chi connectivity index (χ0n) is 13.1. The summed E-state index contributed by atoms with van der Waals surface area (Å²) in [5, 5.41) is 9.73. The largest absolute Gasteiger partial charge is 0.430 e. The van der Waals surface area contributed by atoms with E-state index in [-0.39, 0.29) is 28.5 Å². The Kier molecular flexibility index (Phi) is 3.55. The highest BCUT2D eigenvalue weighted by Crippen LogP contribution is 2.51. The second-order valence-electron chi connectivity index (χ2n) is 6.33. The van der Waals surface area contributed by atoms with Gasteiger partial charge in [-0.1, -0.05) is 6.07 Å². The van der Waals surface area contributed by atoms with Gasteiger partial charge in [-0.05, 0) is 37.5 Å². The molecule has 1 aromatic carbocycles. The Labute approximate surface area is 137 Å². The number of aryl methyl sites for hydroxylation is 1. The molecule has 0 amide bonds. The Morgan fingerprint density at radius 3 is 2.16 bits per heavy atom. The average Bonchev–Trinajstić information content (AvgIpc) is 2.77. The summed E-state index contributed by atoms with van der Waals surface area (Å²) in [7, 11) is 0. The third-order valence-corrected chi connectivity index (χ3v) is 4.63. The molecule has 25 heavy (non-hydrogen) atoms. The summed E-state index contributed by atoms with van der Waals surface area (Å²) in [4.78, 5) is 12.1. The summed E-state index contributed by atoms with van der Waals surface area (Å²) in [6.45, 7) is 3.08. The molecule has 0 radical (unpaired) electrons. The fraction of sp³-hybridized carbons (Fsp3) is 0.438. The summed E-state index contributed by atoms with van der Waals surface area (Å²) in [5.74, 6) is 0. The molecule has 0 fully saturated rings. The molecule has 136 valence electrons. The molecule has 0 bridgehead atoms. The third kappa shape index (κ3) is 2.28. The first-order valence-electron chi connectivity index (χ1n) is 7.34. The van der Waals surface area contributed by atoms with Gasteiger partial charge in [-0.3, -0.25) is 4.79 Å². The molecule has 9 heteroatoms. The Morgan fingerprint density at radius 2 is 1.64 bits per heavy atom.